The molecule has 11 rings (SSSR count). The Morgan fingerprint density at radius 3 is 1.54 bits per heavy atom. The van der Waals surface area contributed by atoms with Gasteiger partial charge in [0.25, 0.3) is 0 Å². The van der Waals surface area contributed by atoms with Crippen LogP contribution in [0.4, 0.5) is 5.69 Å². The van der Waals surface area contributed by atoms with Crippen LogP contribution in [0.3, 0.4) is 0 Å². The summed E-state index contributed by atoms with van der Waals surface area (Å²) in [5, 5.41) is 0. The maximum absolute atomic E-state index is 6.82. The van der Waals surface area contributed by atoms with Crippen LogP contribution in [0.15, 0.2) is 200 Å². The zero-order valence-electron chi connectivity index (χ0n) is 30.9. The standard InChI is InChI=1S/C53H35N3O/c54-41-27-29-47-51(32-41)57-50-31-39(26-28-46(50)53(47)44-20-9-7-18-42(44)43-19-8-10-21-45(43)53)38-16-11-17-40(30-38)49-33-48(55-52(56-49)37-14-5-2-6-15-37)36-24-22-35(23-25-36)34-12-3-1-4-13-34/h1-33H,54H2. The number of fused-ring (bicyclic) bond motifs is 9. The van der Waals surface area contributed by atoms with Crippen LogP contribution in [0, 0.1) is 0 Å². The van der Waals surface area contributed by atoms with Gasteiger partial charge in [-0.25, -0.2) is 9.97 Å². The van der Waals surface area contributed by atoms with Gasteiger partial charge in [0.15, 0.2) is 5.82 Å². The van der Waals surface area contributed by atoms with Gasteiger partial charge in [0.1, 0.15) is 11.5 Å². The summed E-state index contributed by atoms with van der Waals surface area (Å²) in [5.41, 5.74) is 22.9. The smallest absolute Gasteiger partial charge is 0.160 e. The summed E-state index contributed by atoms with van der Waals surface area (Å²) in [6.45, 7) is 0. The molecule has 1 spiro atoms. The van der Waals surface area contributed by atoms with E-state index in [2.05, 4.69) is 164 Å². The monoisotopic (exact) mass is 729 g/mol. The predicted octanol–water partition coefficient (Wildman–Crippen LogP) is 12.9. The van der Waals surface area contributed by atoms with Gasteiger partial charge in [-0.1, -0.05) is 170 Å². The molecule has 9 aromatic rings. The van der Waals surface area contributed by atoms with Crippen LogP contribution in [0.5, 0.6) is 11.5 Å². The highest BCUT2D eigenvalue weighted by Crippen LogP contribution is 2.62. The lowest BCUT2D eigenvalue weighted by Gasteiger charge is -2.39. The molecule has 1 aliphatic heterocycles. The average Bonchev–Trinajstić information content (AvgIpc) is 3.57. The van der Waals surface area contributed by atoms with Crippen LogP contribution < -0.4 is 10.5 Å². The number of ether oxygens (including phenoxy) is 1. The lowest BCUT2D eigenvalue weighted by Crippen LogP contribution is -2.32. The second-order valence-electron chi connectivity index (χ2n) is 14.8. The fraction of sp³-hybridized carbons (Fsp3) is 0.0189. The van der Waals surface area contributed by atoms with Crippen molar-refractivity contribution in [3.63, 3.8) is 0 Å². The largest absolute Gasteiger partial charge is 0.457 e. The second kappa shape index (κ2) is 13.0. The van der Waals surface area contributed by atoms with E-state index >= 15 is 0 Å². The number of aromatic nitrogens is 2. The van der Waals surface area contributed by atoms with Crippen LogP contribution in [0.25, 0.3) is 67.3 Å². The van der Waals surface area contributed by atoms with Crippen molar-refractivity contribution in [1.29, 1.82) is 0 Å². The molecule has 0 unspecified atom stereocenters. The van der Waals surface area contributed by atoms with E-state index in [1.807, 2.05) is 36.4 Å². The first-order valence-corrected chi connectivity index (χ1v) is 19.3. The van der Waals surface area contributed by atoms with E-state index in [9.17, 15) is 0 Å². The lowest BCUT2D eigenvalue weighted by atomic mass is 9.66. The highest BCUT2D eigenvalue weighted by atomic mass is 16.5. The van der Waals surface area contributed by atoms with Gasteiger partial charge in [0.05, 0.1) is 16.8 Å². The van der Waals surface area contributed by atoms with Crippen LogP contribution >= 0.6 is 0 Å². The minimum Gasteiger partial charge on any atom is -0.457 e. The molecular weight excluding hydrogens is 695 g/mol. The zero-order valence-corrected chi connectivity index (χ0v) is 30.9. The van der Waals surface area contributed by atoms with Crippen LogP contribution in [0.1, 0.15) is 22.3 Å². The van der Waals surface area contributed by atoms with Crippen molar-refractivity contribution >= 4 is 5.69 Å². The Morgan fingerprint density at radius 1 is 0.351 bits per heavy atom. The maximum Gasteiger partial charge on any atom is 0.160 e. The Bertz CT molecular complexity index is 2950. The molecule has 0 amide bonds. The summed E-state index contributed by atoms with van der Waals surface area (Å²) in [4.78, 5) is 10.2. The van der Waals surface area contributed by atoms with Crippen molar-refractivity contribution < 1.29 is 4.74 Å². The number of nitrogen functional groups attached to an aromatic ring is 1. The van der Waals surface area contributed by atoms with Crippen molar-refractivity contribution in [2.45, 2.75) is 5.41 Å². The summed E-state index contributed by atoms with van der Waals surface area (Å²) in [6.07, 6.45) is 0. The molecule has 0 bridgehead atoms. The van der Waals surface area contributed by atoms with Crippen molar-refractivity contribution in [2.75, 3.05) is 5.73 Å². The molecule has 0 saturated heterocycles. The molecule has 0 radical (unpaired) electrons. The van der Waals surface area contributed by atoms with E-state index in [0.717, 1.165) is 67.4 Å². The van der Waals surface area contributed by atoms with Crippen molar-refractivity contribution in [1.82, 2.24) is 9.97 Å². The SMILES string of the molecule is Nc1ccc2c(c1)Oc1cc(-c3cccc(-c4cc(-c5ccc(-c6ccccc6)cc5)nc(-c5ccccc5)n4)c3)ccc1C21c2ccccc2-c2ccccc21. The normalized spacial score (nSPS) is 12.9. The minimum atomic E-state index is -0.547. The van der Waals surface area contributed by atoms with Gasteiger partial charge in [-0.15, -0.1) is 0 Å². The molecule has 4 nitrogen and oxygen atoms in total. The molecule has 268 valence electrons. The summed E-state index contributed by atoms with van der Waals surface area (Å²) >= 11 is 0. The first-order valence-electron chi connectivity index (χ1n) is 19.3. The third-order valence-electron chi connectivity index (χ3n) is 11.5. The molecule has 2 N–H and O–H groups in total. The van der Waals surface area contributed by atoms with Crippen LogP contribution in [-0.4, -0.2) is 9.97 Å². The molecule has 0 saturated carbocycles. The highest BCUT2D eigenvalue weighted by Gasteiger charge is 2.51. The Kier molecular flexibility index (Phi) is 7.51. The number of benzene rings is 8. The fourth-order valence-corrected chi connectivity index (χ4v) is 8.89. The molecule has 1 aliphatic carbocycles. The number of hydrogen-bond donors (Lipinski definition) is 1. The summed E-state index contributed by atoms with van der Waals surface area (Å²) < 4.78 is 6.82. The Balaban J connectivity index is 1.03. The van der Waals surface area contributed by atoms with E-state index in [-0.39, 0.29) is 0 Å². The topological polar surface area (TPSA) is 61.0 Å². The first kappa shape index (κ1) is 32.8. The lowest BCUT2D eigenvalue weighted by molar-refractivity contribution is 0.437. The van der Waals surface area contributed by atoms with Crippen LogP contribution in [-0.2, 0) is 5.41 Å². The average molecular weight is 730 g/mol. The predicted molar refractivity (Wildman–Crippen MR) is 231 cm³/mol. The van der Waals surface area contributed by atoms with Gasteiger partial charge in [0.2, 0.25) is 0 Å². The number of nitrogens with two attached hydrogens (primary N) is 1. The molecular formula is C53H35N3O. The van der Waals surface area contributed by atoms with E-state index in [1.54, 1.807) is 0 Å². The Hall–Kier alpha value is -7.56. The first-order chi connectivity index (χ1) is 28.1. The number of rotatable bonds is 5. The number of nitrogens with zero attached hydrogens (tertiary/aromatic N) is 2. The summed E-state index contributed by atoms with van der Waals surface area (Å²) in [7, 11) is 0. The van der Waals surface area contributed by atoms with E-state index in [0.29, 0.717) is 11.5 Å². The van der Waals surface area contributed by atoms with Gasteiger partial charge in [-0.05, 0) is 68.8 Å². The molecule has 0 fully saturated rings. The van der Waals surface area contributed by atoms with Gasteiger partial charge in [-0.2, -0.15) is 0 Å². The molecule has 8 aromatic carbocycles. The van der Waals surface area contributed by atoms with Crippen molar-refractivity contribution in [2.24, 2.45) is 0 Å². The van der Waals surface area contributed by atoms with Gasteiger partial charge in [0, 0.05) is 39.6 Å². The molecule has 57 heavy (non-hydrogen) atoms. The maximum atomic E-state index is 6.82. The van der Waals surface area contributed by atoms with E-state index < -0.39 is 5.41 Å². The minimum absolute atomic E-state index is 0.547. The molecule has 4 heteroatoms. The van der Waals surface area contributed by atoms with Gasteiger partial charge in [-0.3, -0.25) is 0 Å². The zero-order chi connectivity index (χ0) is 37.9. The molecule has 2 heterocycles. The Morgan fingerprint density at radius 2 is 0.842 bits per heavy atom. The highest BCUT2D eigenvalue weighted by molar-refractivity contribution is 5.89. The molecule has 1 aromatic heterocycles. The molecule has 0 atom stereocenters. The third-order valence-corrected chi connectivity index (χ3v) is 11.5. The van der Waals surface area contributed by atoms with Crippen molar-refractivity contribution in [3.05, 3.63) is 222 Å². The number of anilines is 1. The number of hydrogen-bond acceptors (Lipinski definition) is 4. The fourth-order valence-electron chi connectivity index (χ4n) is 8.89. The van der Waals surface area contributed by atoms with Crippen molar-refractivity contribution in [3.8, 4) is 78.8 Å². The van der Waals surface area contributed by atoms with Gasteiger partial charge < -0.3 is 10.5 Å². The van der Waals surface area contributed by atoms with Gasteiger partial charge >= 0.3 is 0 Å². The second-order valence-corrected chi connectivity index (χ2v) is 14.8. The van der Waals surface area contributed by atoms with E-state index in [4.69, 9.17) is 20.4 Å². The van der Waals surface area contributed by atoms with E-state index in [1.165, 1.54) is 27.8 Å². The summed E-state index contributed by atoms with van der Waals surface area (Å²) in [5.74, 6) is 2.28. The quantitative estimate of drug-likeness (QED) is 0.179. The Labute approximate surface area is 331 Å². The van der Waals surface area contributed by atoms with Crippen LogP contribution in [0.2, 0.25) is 0 Å². The molecule has 2 aliphatic rings. The summed E-state index contributed by atoms with van der Waals surface area (Å²) in [6, 6.07) is 70.2. The third kappa shape index (κ3) is 5.30.